The van der Waals surface area contributed by atoms with Gasteiger partial charge in [0.1, 0.15) is 0 Å². The number of ketones is 2. The maximum absolute atomic E-state index is 13.9. The van der Waals surface area contributed by atoms with E-state index in [0.717, 1.165) is 5.57 Å². The van der Waals surface area contributed by atoms with E-state index in [-0.39, 0.29) is 42.8 Å². The van der Waals surface area contributed by atoms with Crippen LogP contribution in [0.3, 0.4) is 0 Å². The summed E-state index contributed by atoms with van der Waals surface area (Å²) in [5.41, 5.74) is -2.27. The quantitative estimate of drug-likeness (QED) is 0.415. The first-order chi connectivity index (χ1) is 16.8. The summed E-state index contributed by atoms with van der Waals surface area (Å²) in [6.07, 6.45) is 6.18. The van der Waals surface area contributed by atoms with E-state index in [1.165, 1.54) is 6.08 Å². The standard InChI is InChI=1S/C28H37ClO7/c1-6-23(33)35-15-22(32)28(36-24(34)7-2)16(3)12-20-19-9-8-17-13-18(30)10-11-25(17,4)27(19,29)21(31)14-26(20,28)5/h10-11,13,16,19-21,31H,6-9,12,14-15H2,1-5H3/t16?,19-,20-,21?,25-,26-,27+,28+/m0/s1. The zero-order chi connectivity index (χ0) is 26.7. The monoisotopic (exact) mass is 520 g/mol. The van der Waals surface area contributed by atoms with Gasteiger partial charge in [-0.3, -0.25) is 19.2 Å². The van der Waals surface area contributed by atoms with Crippen LogP contribution in [-0.2, 0) is 28.7 Å². The molecule has 2 unspecified atom stereocenters. The number of aliphatic hydroxyl groups excluding tert-OH is 1. The lowest BCUT2D eigenvalue weighted by Gasteiger charge is -2.64. The Hall–Kier alpha value is -1.99. The molecule has 3 fully saturated rings. The smallest absolute Gasteiger partial charge is 0.306 e. The number of fused-ring (bicyclic) bond motifs is 5. The Bertz CT molecular complexity index is 1050. The van der Waals surface area contributed by atoms with E-state index < -0.39 is 51.7 Å². The molecule has 0 saturated heterocycles. The van der Waals surface area contributed by atoms with Crippen molar-refractivity contribution < 1.29 is 33.8 Å². The molecule has 8 atom stereocenters. The van der Waals surface area contributed by atoms with Gasteiger partial charge in [0.2, 0.25) is 5.78 Å². The van der Waals surface area contributed by atoms with Crippen molar-refractivity contribution in [3.63, 3.8) is 0 Å². The SMILES string of the molecule is CCC(=O)OCC(=O)[C@]1(OC(=O)CC)C(C)C[C@H]2[C@@H]3CCC4=CC(=O)C=C[C@]4(C)[C@]3(Cl)C(O)C[C@@]21C. The van der Waals surface area contributed by atoms with E-state index >= 15 is 0 Å². The van der Waals surface area contributed by atoms with Gasteiger partial charge in [-0.25, -0.2) is 0 Å². The Balaban J connectivity index is 1.80. The molecule has 36 heavy (non-hydrogen) atoms. The van der Waals surface area contributed by atoms with Crippen LogP contribution in [0.4, 0.5) is 0 Å². The molecule has 4 aliphatic rings. The van der Waals surface area contributed by atoms with E-state index in [9.17, 15) is 24.3 Å². The van der Waals surface area contributed by atoms with Crippen LogP contribution in [0.1, 0.15) is 73.1 Å². The van der Waals surface area contributed by atoms with Crippen molar-refractivity contribution >= 4 is 35.1 Å². The van der Waals surface area contributed by atoms with Crippen molar-refractivity contribution in [1.29, 1.82) is 0 Å². The number of esters is 2. The third kappa shape index (κ3) is 3.48. The fraction of sp³-hybridized carbons (Fsp3) is 0.714. The fourth-order valence-electron chi connectivity index (χ4n) is 8.01. The molecule has 1 N–H and O–H groups in total. The topological polar surface area (TPSA) is 107 Å². The highest BCUT2D eigenvalue weighted by atomic mass is 35.5. The lowest BCUT2D eigenvalue weighted by Crippen LogP contribution is -2.69. The second kappa shape index (κ2) is 9.09. The maximum atomic E-state index is 13.9. The van der Waals surface area contributed by atoms with Crippen molar-refractivity contribution in [2.45, 2.75) is 89.7 Å². The first-order valence-electron chi connectivity index (χ1n) is 13.0. The molecule has 4 rings (SSSR count). The molecular weight excluding hydrogens is 484 g/mol. The number of carbonyl (C=O) groups is 4. The number of aliphatic hydroxyl groups is 1. The van der Waals surface area contributed by atoms with E-state index in [4.69, 9.17) is 21.1 Å². The van der Waals surface area contributed by atoms with Gasteiger partial charge in [-0.05, 0) is 49.7 Å². The van der Waals surface area contributed by atoms with Gasteiger partial charge >= 0.3 is 11.9 Å². The number of carbonyl (C=O) groups excluding carboxylic acids is 4. The van der Waals surface area contributed by atoms with Crippen LogP contribution in [0, 0.1) is 28.6 Å². The summed E-state index contributed by atoms with van der Waals surface area (Å²) in [7, 11) is 0. The molecule has 0 aromatic heterocycles. The molecule has 0 radical (unpaired) electrons. The molecule has 0 aliphatic heterocycles. The van der Waals surface area contributed by atoms with E-state index in [1.807, 2.05) is 26.8 Å². The molecule has 0 aromatic carbocycles. The van der Waals surface area contributed by atoms with Crippen LogP contribution < -0.4 is 0 Å². The van der Waals surface area contributed by atoms with Crippen molar-refractivity contribution in [3.8, 4) is 0 Å². The van der Waals surface area contributed by atoms with E-state index in [1.54, 1.807) is 19.9 Å². The van der Waals surface area contributed by atoms with Gasteiger partial charge < -0.3 is 14.6 Å². The van der Waals surface area contributed by atoms with E-state index in [2.05, 4.69) is 0 Å². The fourth-order valence-corrected chi connectivity index (χ4v) is 8.53. The molecule has 3 saturated carbocycles. The Morgan fingerprint density at radius 3 is 2.44 bits per heavy atom. The first kappa shape index (κ1) is 27.1. The van der Waals surface area contributed by atoms with Crippen LogP contribution >= 0.6 is 11.6 Å². The molecule has 7 nitrogen and oxygen atoms in total. The van der Waals surface area contributed by atoms with Gasteiger partial charge in [0.25, 0.3) is 0 Å². The maximum Gasteiger partial charge on any atom is 0.306 e. The Morgan fingerprint density at radius 2 is 1.81 bits per heavy atom. The molecule has 4 aliphatic carbocycles. The summed E-state index contributed by atoms with van der Waals surface area (Å²) in [6, 6.07) is 0. The predicted octanol–water partition coefficient (Wildman–Crippen LogP) is 4.09. The number of ether oxygens (including phenoxy) is 2. The average Bonchev–Trinajstić information content (AvgIpc) is 3.05. The summed E-state index contributed by atoms with van der Waals surface area (Å²) in [5, 5.41) is 11.8. The predicted molar refractivity (Wildman–Crippen MR) is 133 cm³/mol. The van der Waals surface area contributed by atoms with Crippen LogP contribution in [0.15, 0.2) is 23.8 Å². The molecule has 0 bridgehead atoms. The summed E-state index contributed by atoms with van der Waals surface area (Å²) >= 11 is 7.48. The number of rotatable bonds is 6. The highest BCUT2D eigenvalue weighted by molar-refractivity contribution is 6.26. The van der Waals surface area contributed by atoms with Gasteiger partial charge in [-0.1, -0.05) is 46.3 Å². The van der Waals surface area contributed by atoms with Gasteiger partial charge in [-0.15, -0.1) is 11.6 Å². The van der Waals surface area contributed by atoms with Crippen molar-refractivity contribution in [2.24, 2.45) is 28.6 Å². The highest BCUT2D eigenvalue weighted by Gasteiger charge is 2.76. The summed E-state index contributed by atoms with van der Waals surface area (Å²) in [4.78, 5) is 49.5. The van der Waals surface area contributed by atoms with Gasteiger partial charge in [0.15, 0.2) is 18.0 Å². The minimum atomic E-state index is -1.55. The molecular formula is C28H37ClO7. The number of alkyl halides is 1. The van der Waals surface area contributed by atoms with E-state index in [0.29, 0.717) is 19.3 Å². The minimum Gasteiger partial charge on any atom is -0.457 e. The van der Waals surface area contributed by atoms with Crippen LogP contribution in [0.25, 0.3) is 0 Å². The van der Waals surface area contributed by atoms with Crippen LogP contribution in [-0.4, -0.2) is 51.8 Å². The molecule has 8 heteroatoms. The number of allylic oxidation sites excluding steroid dienone is 4. The zero-order valence-corrected chi connectivity index (χ0v) is 22.5. The van der Waals surface area contributed by atoms with Gasteiger partial charge in [-0.2, -0.15) is 0 Å². The number of hydrogen-bond donors (Lipinski definition) is 1. The first-order valence-corrected chi connectivity index (χ1v) is 13.4. The second-order valence-corrected chi connectivity index (χ2v) is 12.0. The normalized spacial score (nSPS) is 43.1. The highest BCUT2D eigenvalue weighted by Crippen LogP contribution is 2.72. The van der Waals surface area contributed by atoms with Crippen molar-refractivity contribution in [1.82, 2.24) is 0 Å². The van der Waals surface area contributed by atoms with Gasteiger partial charge in [0.05, 0.1) is 11.0 Å². The zero-order valence-electron chi connectivity index (χ0n) is 21.8. The van der Waals surface area contributed by atoms with Gasteiger partial charge in [0, 0.05) is 29.6 Å². The van der Waals surface area contributed by atoms with Crippen molar-refractivity contribution in [2.75, 3.05) is 6.61 Å². The van der Waals surface area contributed by atoms with Crippen molar-refractivity contribution in [3.05, 3.63) is 23.8 Å². The lowest BCUT2D eigenvalue weighted by molar-refractivity contribution is -0.203. The summed E-state index contributed by atoms with van der Waals surface area (Å²) < 4.78 is 11.3. The minimum absolute atomic E-state index is 0.0801. The molecule has 0 amide bonds. The largest absolute Gasteiger partial charge is 0.457 e. The Labute approximate surface area is 217 Å². The summed E-state index contributed by atoms with van der Waals surface area (Å²) in [6.45, 7) is 8.61. The second-order valence-electron chi connectivity index (χ2n) is 11.4. The average molecular weight is 521 g/mol. The number of halogens is 1. The number of Topliss-reactive ketones (excluding diaryl/α,β-unsaturated/α-hetero) is 1. The summed E-state index contributed by atoms with van der Waals surface area (Å²) in [5.74, 6) is -2.24. The molecule has 0 aromatic rings. The number of hydrogen-bond acceptors (Lipinski definition) is 7. The van der Waals surface area contributed by atoms with Crippen LogP contribution in [0.2, 0.25) is 0 Å². The van der Waals surface area contributed by atoms with Crippen LogP contribution in [0.5, 0.6) is 0 Å². The Kier molecular flexibility index (Phi) is 6.83. The third-order valence-corrected chi connectivity index (χ3v) is 10.7. The Morgan fingerprint density at radius 1 is 1.14 bits per heavy atom. The third-order valence-electron chi connectivity index (χ3n) is 9.81. The molecule has 0 spiro atoms. The molecule has 0 heterocycles. The molecule has 198 valence electrons. The lowest BCUT2D eigenvalue weighted by atomic mass is 9.45.